The molecule has 0 amide bonds. The Kier molecular flexibility index (Phi) is 7.22. The zero-order valence-electron chi connectivity index (χ0n) is 23.1. The maximum atomic E-state index is 13.0. The van der Waals surface area contributed by atoms with E-state index >= 15 is 0 Å². The number of carbonyl (C=O) groups is 1. The molecule has 11 unspecified atom stereocenters. The van der Waals surface area contributed by atoms with E-state index in [2.05, 4.69) is 13.0 Å². The molecule has 1 saturated heterocycles. The Morgan fingerprint density at radius 2 is 1.86 bits per heavy atom. The number of carbonyl (C=O) groups excluding carboxylic acids is 1. The van der Waals surface area contributed by atoms with Gasteiger partial charge in [-0.1, -0.05) is 25.5 Å². The molecule has 4 aliphatic carbocycles. The van der Waals surface area contributed by atoms with Crippen LogP contribution in [0.25, 0.3) is 0 Å². The van der Waals surface area contributed by atoms with Crippen molar-refractivity contribution in [2.45, 2.75) is 120 Å². The molecule has 5 aliphatic rings. The first-order chi connectivity index (χ1) is 17.4. The summed E-state index contributed by atoms with van der Waals surface area (Å²) in [4.78, 5) is 13.0. The van der Waals surface area contributed by atoms with Crippen LogP contribution in [0.3, 0.4) is 0 Å². The van der Waals surface area contributed by atoms with Crippen LogP contribution < -0.4 is 0 Å². The highest BCUT2D eigenvalue weighted by Crippen LogP contribution is 2.69. The van der Waals surface area contributed by atoms with E-state index in [1.165, 1.54) is 12.7 Å². The second kappa shape index (κ2) is 9.65. The molecule has 37 heavy (non-hydrogen) atoms. The average molecular weight is 523 g/mol. The maximum Gasteiger partial charge on any atom is 0.190 e. The number of Topliss-reactive ketones (excluding diaryl/α,β-unsaturated/α-hetero) is 1. The molecule has 3 N–H and O–H groups in total. The summed E-state index contributed by atoms with van der Waals surface area (Å²) in [7, 11) is 3.08. The highest BCUT2D eigenvalue weighted by molar-refractivity contribution is 5.90. The van der Waals surface area contributed by atoms with Crippen molar-refractivity contribution in [2.75, 3.05) is 20.8 Å². The maximum absolute atomic E-state index is 13.0. The smallest absolute Gasteiger partial charge is 0.190 e. The molecule has 1 aliphatic heterocycles. The molecule has 3 saturated carbocycles. The largest absolute Gasteiger partial charge is 0.389 e. The molecule has 0 bridgehead atoms. The number of methoxy groups -OCH3 is 2. The molecular formula is C29H46O8. The highest BCUT2D eigenvalue weighted by Gasteiger charge is 2.72. The Morgan fingerprint density at radius 3 is 2.57 bits per heavy atom. The van der Waals surface area contributed by atoms with E-state index in [0.717, 1.165) is 32.1 Å². The Bertz CT molecular complexity index is 922. The van der Waals surface area contributed by atoms with Crippen molar-refractivity contribution in [2.24, 2.45) is 22.7 Å². The normalized spacial score (nSPS) is 51.6. The van der Waals surface area contributed by atoms with E-state index in [1.807, 2.05) is 13.8 Å². The lowest BCUT2D eigenvalue weighted by Gasteiger charge is -2.62. The Morgan fingerprint density at radius 1 is 1.11 bits per heavy atom. The van der Waals surface area contributed by atoms with Gasteiger partial charge in [0.05, 0.1) is 23.9 Å². The van der Waals surface area contributed by atoms with Gasteiger partial charge in [-0.25, -0.2) is 0 Å². The fourth-order valence-electron chi connectivity index (χ4n) is 8.97. The van der Waals surface area contributed by atoms with Crippen molar-refractivity contribution in [1.29, 1.82) is 0 Å². The lowest BCUT2D eigenvalue weighted by atomic mass is 9.45. The highest BCUT2D eigenvalue weighted by atomic mass is 16.7. The Balaban J connectivity index is 1.32. The standard InChI is InChI=1S/C29H46O8/c1-17-25(31)22(35-5)15-24(36-17)37-19-8-10-26(2)18(14-19)6-7-21-20(26)9-11-27(3)28(21,32)12-13-29(27,33)23(30)16-34-4/h6,17,19-22,24-25,31-33H,7-16H2,1-5H3. The molecule has 0 radical (unpaired) electrons. The third kappa shape index (κ3) is 4.00. The van der Waals surface area contributed by atoms with Crippen LogP contribution in [0.5, 0.6) is 0 Å². The van der Waals surface area contributed by atoms with E-state index < -0.39 is 29.0 Å². The number of allylic oxidation sites excluding steroid dienone is 1. The van der Waals surface area contributed by atoms with Gasteiger partial charge in [-0.05, 0) is 75.5 Å². The molecular weight excluding hydrogens is 476 g/mol. The van der Waals surface area contributed by atoms with Crippen LogP contribution in [0.4, 0.5) is 0 Å². The summed E-state index contributed by atoms with van der Waals surface area (Å²) in [5.41, 5.74) is -2.16. The van der Waals surface area contributed by atoms with Gasteiger partial charge in [-0.3, -0.25) is 4.79 Å². The molecule has 0 aromatic heterocycles. The summed E-state index contributed by atoms with van der Waals surface area (Å²) in [6.07, 6.45) is 6.83. The number of hydrogen-bond acceptors (Lipinski definition) is 8. The van der Waals surface area contributed by atoms with Gasteiger partial charge in [-0.2, -0.15) is 0 Å². The van der Waals surface area contributed by atoms with Crippen LogP contribution in [0.2, 0.25) is 0 Å². The summed E-state index contributed by atoms with van der Waals surface area (Å²) >= 11 is 0. The quantitative estimate of drug-likeness (QED) is 0.456. The number of rotatable bonds is 6. The SMILES string of the molecule is COCC(=O)C1(O)CCC2(O)C3CC=C4CC(OC5CC(OC)C(O)C(C)O5)CCC4(C)C3CCC12C. The topological polar surface area (TPSA) is 115 Å². The van der Waals surface area contributed by atoms with Crippen LogP contribution in [0.15, 0.2) is 11.6 Å². The number of aliphatic hydroxyl groups is 3. The van der Waals surface area contributed by atoms with Crippen LogP contribution in [0, 0.1) is 22.7 Å². The lowest BCUT2D eigenvalue weighted by molar-refractivity contribution is -0.266. The van der Waals surface area contributed by atoms with Gasteiger partial charge >= 0.3 is 0 Å². The number of hydrogen-bond donors (Lipinski definition) is 3. The van der Waals surface area contributed by atoms with Crippen LogP contribution in [0.1, 0.15) is 78.6 Å². The van der Waals surface area contributed by atoms with Gasteiger partial charge in [-0.15, -0.1) is 0 Å². The lowest BCUT2D eigenvalue weighted by Crippen LogP contribution is -2.66. The van der Waals surface area contributed by atoms with E-state index in [1.54, 1.807) is 7.11 Å². The van der Waals surface area contributed by atoms with Gasteiger partial charge < -0.3 is 34.3 Å². The van der Waals surface area contributed by atoms with Gasteiger partial charge in [0.15, 0.2) is 12.1 Å². The van der Waals surface area contributed by atoms with E-state index in [-0.39, 0.29) is 48.5 Å². The minimum absolute atomic E-state index is 0.00770. The number of ketones is 1. The predicted octanol–water partition coefficient (Wildman–Crippen LogP) is 2.91. The molecule has 11 atom stereocenters. The summed E-state index contributed by atoms with van der Waals surface area (Å²) in [5.74, 6) is -0.0102. The van der Waals surface area contributed by atoms with Crippen molar-refractivity contribution in [3.8, 4) is 0 Å². The minimum atomic E-state index is -1.55. The summed E-state index contributed by atoms with van der Waals surface area (Å²) in [5, 5.41) is 34.1. The first kappa shape index (κ1) is 27.7. The third-order valence-electron chi connectivity index (χ3n) is 11.4. The number of ether oxygens (including phenoxy) is 4. The van der Waals surface area contributed by atoms with Gasteiger partial charge in [0, 0.05) is 26.1 Å². The average Bonchev–Trinajstić information content (AvgIpc) is 3.09. The van der Waals surface area contributed by atoms with E-state index in [9.17, 15) is 20.1 Å². The Hall–Kier alpha value is -0.870. The Labute approximate surface area is 220 Å². The summed E-state index contributed by atoms with van der Waals surface area (Å²) in [6.45, 7) is 5.98. The molecule has 4 fully saturated rings. The first-order valence-electron chi connectivity index (χ1n) is 14.1. The van der Waals surface area contributed by atoms with Crippen LogP contribution in [-0.2, 0) is 23.7 Å². The van der Waals surface area contributed by atoms with Gasteiger partial charge in [0.25, 0.3) is 0 Å². The van der Waals surface area contributed by atoms with Gasteiger partial charge in [0.1, 0.15) is 18.3 Å². The molecule has 0 aromatic rings. The van der Waals surface area contributed by atoms with Crippen molar-refractivity contribution in [3.63, 3.8) is 0 Å². The molecule has 210 valence electrons. The molecule has 1 heterocycles. The second-order valence-electron chi connectivity index (χ2n) is 12.9. The fraction of sp³-hybridized carbons (Fsp3) is 0.897. The fourth-order valence-corrected chi connectivity index (χ4v) is 8.97. The molecule has 8 heteroatoms. The first-order valence-corrected chi connectivity index (χ1v) is 14.1. The van der Waals surface area contributed by atoms with E-state index in [0.29, 0.717) is 25.2 Å². The van der Waals surface area contributed by atoms with Crippen molar-refractivity contribution < 1.29 is 39.1 Å². The summed E-state index contributed by atoms with van der Waals surface area (Å²) < 4.78 is 22.9. The molecule has 0 aromatic carbocycles. The van der Waals surface area contributed by atoms with Crippen molar-refractivity contribution in [1.82, 2.24) is 0 Å². The zero-order valence-corrected chi connectivity index (χ0v) is 23.1. The van der Waals surface area contributed by atoms with Crippen molar-refractivity contribution in [3.05, 3.63) is 11.6 Å². The molecule has 0 spiro atoms. The second-order valence-corrected chi connectivity index (χ2v) is 12.9. The monoisotopic (exact) mass is 522 g/mol. The van der Waals surface area contributed by atoms with E-state index in [4.69, 9.17) is 18.9 Å². The number of fused-ring (bicyclic) bond motifs is 5. The van der Waals surface area contributed by atoms with Crippen LogP contribution in [-0.4, -0.2) is 83.8 Å². The molecule has 5 rings (SSSR count). The number of aliphatic hydroxyl groups excluding tert-OH is 1. The predicted molar refractivity (Wildman–Crippen MR) is 136 cm³/mol. The zero-order chi connectivity index (χ0) is 26.8. The minimum Gasteiger partial charge on any atom is -0.389 e. The van der Waals surface area contributed by atoms with Crippen molar-refractivity contribution >= 4 is 5.78 Å². The van der Waals surface area contributed by atoms with Crippen LogP contribution >= 0.6 is 0 Å². The van der Waals surface area contributed by atoms with Gasteiger partial charge in [0.2, 0.25) is 0 Å². The summed E-state index contributed by atoms with van der Waals surface area (Å²) in [6, 6.07) is 0. The third-order valence-corrected chi connectivity index (χ3v) is 11.4. The molecule has 8 nitrogen and oxygen atoms in total.